The van der Waals surface area contributed by atoms with Gasteiger partial charge in [-0.1, -0.05) is 44.2 Å². The molecule has 0 aliphatic heterocycles. The van der Waals surface area contributed by atoms with E-state index >= 15 is 0 Å². The molecule has 6 heteroatoms. The van der Waals surface area contributed by atoms with Crippen LogP contribution in [-0.2, 0) is 20.7 Å². The number of ketones is 1. The van der Waals surface area contributed by atoms with Crippen LogP contribution >= 0.6 is 0 Å². The van der Waals surface area contributed by atoms with Gasteiger partial charge in [0.1, 0.15) is 5.75 Å². The van der Waals surface area contributed by atoms with Gasteiger partial charge in [0.25, 0.3) is 5.91 Å². The molecule has 0 spiro atoms. The molecule has 1 atom stereocenters. The second-order valence-electron chi connectivity index (χ2n) is 7.55. The highest BCUT2D eigenvalue weighted by Gasteiger charge is 2.19. The third-order valence-electron chi connectivity index (χ3n) is 4.50. The third kappa shape index (κ3) is 8.07. The lowest BCUT2D eigenvalue weighted by atomic mass is 10.0. The Hall–Kier alpha value is -3.15. The molecule has 0 saturated carbocycles. The zero-order chi connectivity index (χ0) is 21.9. The molecule has 2 aromatic rings. The number of nitrogens with one attached hydrogen (secondary N) is 1. The summed E-state index contributed by atoms with van der Waals surface area (Å²) in [6, 6.07) is 15.3. The summed E-state index contributed by atoms with van der Waals surface area (Å²) in [7, 11) is 0. The summed E-state index contributed by atoms with van der Waals surface area (Å²) in [5, 5.41) is 2.63. The highest BCUT2D eigenvalue weighted by atomic mass is 16.5. The zero-order valence-electron chi connectivity index (χ0n) is 17.7. The molecule has 2 aromatic carbocycles. The number of hydrogen-bond donors (Lipinski definition) is 1. The normalized spacial score (nSPS) is 11.6. The number of hydrogen-bond acceptors (Lipinski definition) is 5. The summed E-state index contributed by atoms with van der Waals surface area (Å²) in [5.74, 6) is -0.0585. The van der Waals surface area contributed by atoms with Crippen LogP contribution in [0.1, 0.15) is 43.1 Å². The summed E-state index contributed by atoms with van der Waals surface area (Å²) in [5.41, 5.74) is 1.26. The summed E-state index contributed by atoms with van der Waals surface area (Å²) < 4.78 is 10.7. The first-order valence-electron chi connectivity index (χ1n) is 10.1. The Morgan fingerprint density at radius 1 is 0.967 bits per heavy atom. The van der Waals surface area contributed by atoms with Crippen molar-refractivity contribution >= 4 is 17.7 Å². The van der Waals surface area contributed by atoms with Gasteiger partial charge in [-0.25, -0.2) is 4.79 Å². The molecule has 1 unspecified atom stereocenters. The molecule has 0 fully saturated rings. The summed E-state index contributed by atoms with van der Waals surface area (Å²) >= 11 is 0. The van der Waals surface area contributed by atoms with Crippen molar-refractivity contribution < 1.29 is 23.9 Å². The average molecular weight is 411 g/mol. The van der Waals surface area contributed by atoms with Gasteiger partial charge >= 0.3 is 5.97 Å². The highest BCUT2D eigenvalue weighted by molar-refractivity contribution is 5.92. The van der Waals surface area contributed by atoms with Crippen LogP contribution in [0.2, 0.25) is 0 Å². The predicted molar refractivity (Wildman–Crippen MR) is 114 cm³/mol. The summed E-state index contributed by atoms with van der Waals surface area (Å²) in [6.07, 6.45) is 1.33. The fourth-order valence-corrected chi connectivity index (χ4v) is 2.70. The van der Waals surface area contributed by atoms with Crippen LogP contribution in [0.4, 0.5) is 0 Å². The van der Waals surface area contributed by atoms with E-state index in [1.165, 1.54) is 6.92 Å². The Kier molecular flexibility index (Phi) is 9.06. The Morgan fingerprint density at radius 2 is 1.63 bits per heavy atom. The Labute approximate surface area is 177 Å². The topological polar surface area (TPSA) is 81.7 Å². The van der Waals surface area contributed by atoms with Crippen molar-refractivity contribution in [3.8, 4) is 5.75 Å². The van der Waals surface area contributed by atoms with E-state index in [1.54, 1.807) is 24.3 Å². The number of carbonyl (C=O) groups is 3. The van der Waals surface area contributed by atoms with Crippen LogP contribution in [0.25, 0.3) is 0 Å². The molecule has 0 saturated heterocycles. The summed E-state index contributed by atoms with van der Waals surface area (Å²) in [6.45, 7) is 5.83. The van der Waals surface area contributed by atoms with E-state index < -0.39 is 24.5 Å². The molecular weight excluding hydrogens is 382 g/mol. The molecule has 1 amide bonds. The van der Waals surface area contributed by atoms with E-state index in [9.17, 15) is 14.4 Å². The average Bonchev–Trinajstić information content (AvgIpc) is 2.72. The van der Waals surface area contributed by atoms with Crippen LogP contribution in [0, 0.1) is 5.92 Å². The van der Waals surface area contributed by atoms with E-state index in [1.807, 2.05) is 30.3 Å². The second kappa shape index (κ2) is 11.8. The van der Waals surface area contributed by atoms with E-state index in [2.05, 4.69) is 19.2 Å². The van der Waals surface area contributed by atoms with Crippen LogP contribution in [-0.4, -0.2) is 36.9 Å². The van der Waals surface area contributed by atoms with Gasteiger partial charge in [-0.05, 0) is 55.5 Å². The maximum atomic E-state index is 12.2. The molecule has 0 aromatic heterocycles. The van der Waals surface area contributed by atoms with E-state index in [-0.39, 0.29) is 5.78 Å². The lowest BCUT2D eigenvalue weighted by Crippen LogP contribution is -2.43. The van der Waals surface area contributed by atoms with Gasteiger partial charge in [0.05, 0.1) is 18.2 Å². The molecule has 30 heavy (non-hydrogen) atoms. The smallest absolute Gasteiger partial charge is 0.338 e. The fraction of sp³-hybridized carbons (Fsp3) is 0.375. The van der Waals surface area contributed by atoms with Gasteiger partial charge in [-0.15, -0.1) is 0 Å². The van der Waals surface area contributed by atoms with Crippen LogP contribution in [0.3, 0.4) is 0 Å². The van der Waals surface area contributed by atoms with Gasteiger partial charge in [-0.2, -0.15) is 0 Å². The van der Waals surface area contributed by atoms with Gasteiger partial charge in [0, 0.05) is 0 Å². The van der Waals surface area contributed by atoms with Crippen molar-refractivity contribution in [3.05, 3.63) is 65.7 Å². The van der Waals surface area contributed by atoms with Crippen molar-refractivity contribution in [1.29, 1.82) is 0 Å². The van der Waals surface area contributed by atoms with Crippen molar-refractivity contribution in [2.24, 2.45) is 5.92 Å². The molecule has 1 N–H and O–H groups in total. The highest BCUT2D eigenvalue weighted by Crippen LogP contribution is 2.14. The van der Waals surface area contributed by atoms with Crippen molar-refractivity contribution in [2.45, 2.75) is 39.7 Å². The van der Waals surface area contributed by atoms with E-state index in [0.29, 0.717) is 30.3 Å². The zero-order valence-corrected chi connectivity index (χ0v) is 17.7. The first kappa shape index (κ1) is 23.1. The molecule has 0 aliphatic carbocycles. The SMILES string of the molecule is CC(=O)C(Cc1ccccc1)NC(=O)COC(=O)c1ccc(OCCC(C)C)cc1. The molecule has 0 aliphatic rings. The molecule has 0 bridgehead atoms. The fourth-order valence-electron chi connectivity index (χ4n) is 2.70. The molecule has 2 rings (SSSR count). The van der Waals surface area contributed by atoms with Gasteiger partial charge in [0.2, 0.25) is 0 Å². The van der Waals surface area contributed by atoms with E-state index in [4.69, 9.17) is 9.47 Å². The van der Waals surface area contributed by atoms with Crippen molar-refractivity contribution in [2.75, 3.05) is 13.2 Å². The Bertz CT molecular complexity index is 830. The molecular formula is C24H29NO5. The van der Waals surface area contributed by atoms with Gasteiger partial charge < -0.3 is 14.8 Å². The largest absolute Gasteiger partial charge is 0.494 e. The molecule has 160 valence electrons. The minimum atomic E-state index is -0.666. The lowest BCUT2D eigenvalue weighted by molar-refractivity contribution is -0.128. The molecule has 0 heterocycles. The number of amides is 1. The monoisotopic (exact) mass is 411 g/mol. The van der Waals surface area contributed by atoms with Crippen LogP contribution in [0.15, 0.2) is 54.6 Å². The maximum Gasteiger partial charge on any atom is 0.338 e. The number of carbonyl (C=O) groups excluding carboxylic acids is 3. The Morgan fingerprint density at radius 3 is 2.23 bits per heavy atom. The van der Waals surface area contributed by atoms with Crippen molar-refractivity contribution in [3.63, 3.8) is 0 Å². The summed E-state index contributed by atoms with van der Waals surface area (Å²) in [4.78, 5) is 36.2. The number of benzene rings is 2. The van der Waals surface area contributed by atoms with Crippen molar-refractivity contribution in [1.82, 2.24) is 5.32 Å². The molecule has 0 radical (unpaired) electrons. The first-order chi connectivity index (χ1) is 14.3. The minimum Gasteiger partial charge on any atom is -0.494 e. The lowest BCUT2D eigenvalue weighted by Gasteiger charge is -2.16. The number of Topliss-reactive ketones (excluding diaryl/α,β-unsaturated/α-hetero) is 1. The quantitative estimate of drug-likeness (QED) is 0.572. The second-order valence-corrected chi connectivity index (χ2v) is 7.55. The Balaban J connectivity index is 1.81. The predicted octanol–water partition coefficient (Wildman–Crippen LogP) is 3.58. The van der Waals surface area contributed by atoms with Crippen LogP contribution in [0.5, 0.6) is 5.75 Å². The van der Waals surface area contributed by atoms with E-state index in [0.717, 1.165) is 12.0 Å². The van der Waals surface area contributed by atoms with Gasteiger partial charge in [-0.3, -0.25) is 9.59 Å². The third-order valence-corrected chi connectivity index (χ3v) is 4.50. The number of esters is 1. The first-order valence-corrected chi connectivity index (χ1v) is 10.1. The standard InChI is InChI=1S/C24H29NO5/c1-17(2)13-14-29-21-11-9-20(10-12-21)24(28)30-16-23(27)25-22(18(3)26)15-19-7-5-4-6-8-19/h4-12,17,22H,13-16H2,1-3H3,(H,25,27). The van der Waals surface area contributed by atoms with Crippen LogP contribution < -0.4 is 10.1 Å². The number of rotatable bonds is 11. The van der Waals surface area contributed by atoms with Gasteiger partial charge in [0.15, 0.2) is 12.4 Å². The minimum absolute atomic E-state index is 0.161. The number of ether oxygens (including phenoxy) is 2. The maximum absolute atomic E-state index is 12.2. The molecule has 6 nitrogen and oxygen atoms in total.